The Morgan fingerprint density at radius 3 is 2.30 bits per heavy atom. The zero-order valence-electron chi connectivity index (χ0n) is 10.1. The van der Waals surface area contributed by atoms with Crippen molar-refractivity contribution in [1.82, 2.24) is 0 Å². The first-order valence-corrected chi connectivity index (χ1v) is 7.86. The molecule has 0 saturated heterocycles. The number of benzene rings is 2. The number of aliphatic hydroxyl groups is 1. The molecular formula is C14H10Cl2O3S. The molecule has 0 aliphatic carbocycles. The van der Waals surface area contributed by atoms with Crippen molar-refractivity contribution in [2.24, 2.45) is 0 Å². The van der Waals surface area contributed by atoms with Crippen LogP contribution in [0.4, 0.5) is 0 Å². The Bertz CT molecular complexity index is 753. The number of hydrogen-bond acceptors (Lipinski definition) is 3. The zero-order chi connectivity index (χ0) is 14.8. The number of sulfone groups is 1. The summed E-state index contributed by atoms with van der Waals surface area (Å²) in [6.45, 7) is 0. The van der Waals surface area contributed by atoms with Crippen molar-refractivity contribution in [2.75, 3.05) is 0 Å². The fraction of sp³-hybridized carbons (Fsp3) is 0. The van der Waals surface area contributed by atoms with Gasteiger partial charge in [-0.2, -0.15) is 0 Å². The van der Waals surface area contributed by atoms with Crippen LogP contribution in [0.5, 0.6) is 0 Å². The van der Waals surface area contributed by atoms with Gasteiger partial charge in [-0.15, -0.1) is 0 Å². The second-order valence-corrected chi connectivity index (χ2v) is 6.63. The number of halogens is 2. The van der Waals surface area contributed by atoms with E-state index in [4.69, 9.17) is 23.2 Å². The molecule has 0 saturated carbocycles. The summed E-state index contributed by atoms with van der Waals surface area (Å²) in [5.41, 5.74) is 0.204. The first-order valence-electron chi connectivity index (χ1n) is 5.56. The molecule has 0 atom stereocenters. The lowest BCUT2D eigenvalue weighted by molar-refractivity contribution is 0.512. The summed E-state index contributed by atoms with van der Waals surface area (Å²) in [4.78, 5) is 0.0941. The van der Waals surface area contributed by atoms with Crippen molar-refractivity contribution in [3.8, 4) is 0 Å². The van der Waals surface area contributed by atoms with Gasteiger partial charge < -0.3 is 5.11 Å². The van der Waals surface area contributed by atoms with E-state index >= 15 is 0 Å². The van der Waals surface area contributed by atoms with Crippen LogP contribution in [0.1, 0.15) is 5.56 Å². The van der Waals surface area contributed by atoms with Crippen LogP contribution in [-0.2, 0) is 9.84 Å². The van der Waals surface area contributed by atoms with Gasteiger partial charge in [-0.1, -0.05) is 41.4 Å². The highest BCUT2D eigenvalue weighted by Crippen LogP contribution is 2.27. The maximum absolute atomic E-state index is 12.1. The highest BCUT2D eigenvalue weighted by Gasteiger charge is 2.14. The number of hydrogen-bond donors (Lipinski definition) is 1. The van der Waals surface area contributed by atoms with Crippen molar-refractivity contribution in [1.29, 1.82) is 0 Å². The van der Waals surface area contributed by atoms with Crippen molar-refractivity contribution in [3.05, 3.63) is 69.5 Å². The van der Waals surface area contributed by atoms with E-state index in [1.165, 1.54) is 30.3 Å². The van der Waals surface area contributed by atoms with Crippen LogP contribution in [0.3, 0.4) is 0 Å². The molecule has 0 aliphatic heterocycles. The van der Waals surface area contributed by atoms with Crippen molar-refractivity contribution < 1.29 is 13.5 Å². The van der Waals surface area contributed by atoms with Crippen LogP contribution in [0.2, 0.25) is 10.0 Å². The molecular weight excluding hydrogens is 319 g/mol. The second kappa shape index (κ2) is 5.87. The third-order valence-corrected chi connectivity index (χ3v) is 4.56. The maximum Gasteiger partial charge on any atom is 0.203 e. The molecule has 2 aromatic rings. The van der Waals surface area contributed by atoms with Crippen LogP contribution in [0.15, 0.2) is 58.8 Å². The Labute approximate surface area is 127 Å². The highest BCUT2D eigenvalue weighted by molar-refractivity contribution is 7.94. The molecule has 104 valence electrons. The molecule has 2 rings (SSSR count). The fourth-order valence-electron chi connectivity index (χ4n) is 1.59. The SMILES string of the molecule is O=S(=O)(/C=C(\O)c1ccc(Cl)cc1Cl)c1ccccc1. The molecule has 0 aliphatic rings. The fourth-order valence-corrected chi connectivity index (χ4v) is 3.18. The van der Waals surface area contributed by atoms with Crippen LogP contribution in [-0.4, -0.2) is 13.5 Å². The van der Waals surface area contributed by atoms with Gasteiger partial charge in [-0.05, 0) is 30.3 Å². The van der Waals surface area contributed by atoms with Gasteiger partial charge in [0.15, 0.2) is 0 Å². The Morgan fingerprint density at radius 1 is 1.05 bits per heavy atom. The molecule has 0 aromatic heterocycles. The first-order chi connectivity index (χ1) is 9.40. The average Bonchev–Trinajstić information content (AvgIpc) is 2.39. The Kier molecular flexibility index (Phi) is 4.38. The van der Waals surface area contributed by atoms with E-state index < -0.39 is 15.6 Å². The lowest BCUT2D eigenvalue weighted by Crippen LogP contribution is -1.98. The lowest BCUT2D eigenvalue weighted by Gasteiger charge is -2.05. The van der Waals surface area contributed by atoms with Gasteiger partial charge in [-0.25, -0.2) is 8.42 Å². The van der Waals surface area contributed by atoms with Gasteiger partial charge in [0.1, 0.15) is 5.76 Å². The quantitative estimate of drug-likeness (QED) is 0.853. The van der Waals surface area contributed by atoms with Crippen molar-refractivity contribution in [2.45, 2.75) is 4.90 Å². The summed E-state index contributed by atoms with van der Waals surface area (Å²) >= 11 is 11.7. The molecule has 0 spiro atoms. The number of rotatable bonds is 3. The Balaban J connectivity index is 2.45. The third-order valence-electron chi connectivity index (χ3n) is 2.55. The second-order valence-electron chi connectivity index (χ2n) is 3.99. The predicted octanol–water partition coefficient (Wildman–Crippen LogP) is 4.32. The van der Waals surface area contributed by atoms with Crippen molar-refractivity contribution >= 4 is 38.8 Å². The van der Waals surface area contributed by atoms with E-state index in [0.717, 1.165) is 5.41 Å². The van der Waals surface area contributed by atoms with Gasteiger partial charge in [0, 0.05) is 10.6 Å². The predicted molar refractivity (Wildman–Crippen MR) is 80.7 cm³/mol. The molecule has 0 unspecified atom stereocenters. The molecule has 0 amide bonds. The van der Waals surface area contributed by atoms with Crippen LogP contribution >= 0.6 is 23.2 Å². The van der Waals surface area contributed by atoms with Crippen LogP contribution in [0.25, 0.3) is 5.76 Å². The minimum Gasteiger partial charge on any atom is -0.507 e. The minimum atomic E-state index is -3.74. The highest BCUT2D eigenvalue weighted by atomic mass is 35.5. The number of aliphatic hydroxyl groups excluding tert-OH is 1. The standard InChI is InChI=1S/C14H10Cl2O3S/c15-10-6-7-12(13(16)8-10)14(17)9-20(18,19)11-4-2-1-3-5-11/h1-9,17H/b14-9-. The molecule has 0 bridgehead atoms. The Morgan fingerprint density at radius 2 is 1.70 bits per heavy atom. The third kappa shape index (κ3) is 3.33. The van der Waals surface area contributed by atoms with E-state index in [-0.39, 0.29) is 15.5 Å². The maximum atomic E-state index is 12.1. The van der Waals surface area contributed by atoms with Gasteiger partial charge in [0.25, 0.3) is 0 Å². The van der Waals surface area contributed by atoms with E-state index in [1.807, 2.05) is 0 Å². The summed E-state index contributed by atoms with van der Waals surface area (Å²) in [7, 11) is -3.74. The normalized spacial score (nSPS) is 12.4. The van der Waals surface area contributed by atoms with Gasteiger partial charge in [-0.3, -0.25) is 0 Å². The van der Waals surface area contributed by atoms with Crippen LogP contribution < -0.4 is 0 Å². The van der Waals surface area contributed by atoms with Crippen molar-refractivity contribution in [3.63, 3.8) is 0 Å². The Hall–Kier alpha value is -1.49. The van der Waals surface area contributed by atoms with Gasteiger partial charge in [0.2, 0.25) is 9.84 Å². The smallest absolute Gasteiger partial charge is 0.203 e. The molecule has 6 heteroatoms. The van der Waals surface area contributed by atoms with E-state index in [0.29, 0.717) is 5.02 Å². The zero-order valence-corrected chi connectivity index (χ0v) is 12.5. The molecule has 0 radical (unpaired) electrons. The van der Waals surface area contributed by atoms with Crippen LogP contribution in [0, 0.1) is 0 Å². The molecule has 1 N–H and O–H groups in total. The lowest BCUT2D eigenvalue weighted by atomic mass is 10.2. The van der Waals surface area contributed by atoms with Gasteiger partial charge in [0.05, 0.1) is 15.3 Å². The molecule has 3 nitrogen and oxygen atoms in total. The van der Waals surface area contributed by atoms with E-state index in [1.54, 1.807) is 18.2 Å². The summed E-state index contributed by atoms with van der Waals surface area (Å²) < 4.78 is 24.2. The average molecular weight is 329 g/mol. The summed E-state index contributed by atoms with van der Waals surface area (Å²) in [6.07, 6.45) is 0. The molecule has 0 fully saturated rings. The van der Waals surface area contributed by atoms with E-state index in [9.17, 15) is 13.5 Å². The summed E-state index contributed by atoms with van der Waals surface area (Å²) in [5.74, 6) is -0.435. The summed E-state index contributed by atoms with van der Waals surface area (Å²) in [5, 5.41) is 11.3. The molecule has 20 heavy (non-hydrogen) atoms. The summed E-state index contributed by atoms with van der Waals surface area (Å²) in [6, 6.07) is 12.2. The first kappa shape index (κ1) is 14.9. The largest absolute Gasteiger partial charge is 0.507 e. The molecule has 0 heterocycles. The monoisotopic (exact) mass is 328 g/mol. The van der Waals surface area contributed by atoms with Gasteiger partial charge >= 0.3 is 0 Å². The molecule has 2 aromatic carbocycles. The topological polar surface area (TPSA) is 54.4 Å². The minimum absolute atomic E-state index is 0.0941. The van der Waals surface area contributed by atoms with E-state index in [2.05, 4.69) is 0 Å².